The number of rotatable bonds is 1. The summed E-state index contributed by atoms with van der Waals surface area (Å²) in [6, 6.07) is 0. The van der Waals surface area contributed by atoms with Gasteiger partial charge in [-0.3, -0.25) is 0 Å². The van der Waals surface area contributed by atoms with Crippen LogP contribution in [0.25, 0.3) is 0 Å². The van der Waals surface area contributed by atoms with Crippen molar-refractivity contribution in [3.8, 4) is 12.3 Å². The molecule has 1 aliphatic carbocycles. The van der Waals surface area contributed by atoms with Crippen LogP contribution in [0.3, 0.4) is 0 Å². The molecule has 10 heavy (non-hydrogen) atoms. The molecular formula is C9H14O. The largest absolute Gasteiger partial charge is 0.371 e. The minimum absolute atomic E-state index is 0.0315. The van der Waals surface area contributed by atoms with Crippen molar-refractivity contribution in [2.75, 3.05) is 0 Å². The molecule has 0 aliphatic heterocycles. The monoisotopic (exact) mass is 138 g/mol. The van der Waals surface area contributed by atoms with Crippen LogP contribution in [-0.4, -0.2) is 11.7 Å². The van der Waals surface area contributed by atoms with Gasteiger partial charge in [-0.15, -0.1) is 12.3 Å². The molecule has 1 aliphatic rings. The highest BCUT2D eigenvalue weighted by Gasteiger charge is 2.39. The van der Waals surface area contributed by atoms with E-state index in [1.54, 1.807) is 0 Å². The first kappa shape index (κ1) is 7.63. The predicted octanol–water partition coefficient (Wildman–Crippen LogP) is 1.82. The van der Waals surface area contributed by atoms with Crippen LogP contribution < -0.4 is 0 Å². The second kappa shape index (κ2) is 2.29. The van der Waals surface area contributed by atoms with Crippen LogP contribution in [0.1, 0.15) is 27.2 Å². The quantitative estimate of drug-likeness (QED) is 0.502. The molecule has 0 radical (unpaired) electrons. The third-order valence-corrected chi connectivity index (χ3v) is 1.45. The second-order valence-corrected chi connectivity index (χ2v) is 3.78. The van der Waals surface area contributed by atoms with E-state index in [2.05, 4.69) is 26.7 Å². The minimum Gasteiger partial charge on any atom is -0.371 e. The molecule has 0 aromatic carbocycles. The van der Waals surface area contributed by atoms with Crippen molar-refractivity contribution in [3.05, 3.63) is 0 Å². The fraction of sp³-hybridized carbons (Fsp3) is 0.778. The van der Waals surface area contributed by atoms with Crippen molar-refractivity contribution in [2.24, 2.45) is 5.92 Å². The molecule has 0 N–H and O–H groups in total. The van der Waals surface area contributed by atoms with Crippen molar-refractivity contribution in [1.82, 2.24) is 0 Å². The topological polar surface area (TPSA) is 9.23 Å². The summed E-state index contributed by atoms with van der Waals surface area (Å²) in [6.45, 7) is 6.16. The Morgan fingerprint density at radius 2 is 2.10 bits per heavy atom. The van der Waals surface area contributed by atoms with Gasteiger partial charge in [0.1, 0.15) is 0 Å². The van der Waals surface area contributed by atoms with Crippen LogP contribution in [0, 0.1) is 18.3 Å². The van der Waals surface area contributed by atoms with Gasteiger partial charge in [-0.2, -0.15) is 0 Å². The lowest BCUT2D eigenvalue weighted by atomic mass is 10.2. The van der Waals surface area contributed by atoms with Crippen molar-refractivity contribution in [3.63, 3.8) is 0 Å². The molecule has 0 spiro atoms. The van der Waals surface area contributed by atoms with E-state index in [0.29, 0.717) is 12.0 Å². The fourth-order valence-corrected chi connectivity index (χ4v) is 0.931. The highest BCUT2D eigenvalue weighted by molar-refractivity contribution is 5.09. The van der Waals surface area contributed by atoms with E-state index in [1.165, 1.54) is 0 Å². The zero-order chi connectivity index (χ0) is 7.78. The van der Waals surface area contributed by atoms with Crippen LogP contribution in [0.5, 0.6) is 0 Å². The lowest BCUT2D eigenvalue weighted by Gasteiger charge is -2.18. The third-order valence-electron chi connectivity index (χ3n) is 1.45. The van der Waals surface area contributed by atoms with Crippen LogP contribution in [-0.2, 0) is 4.74 Å². The Balaban J connectivity index is 2.26. The summed E-state index contributed by atoms with van der Waals surface area (Å²) in [7, 11) is 0. The molecule has 0 unspecified atom stereocenters. The number of ether oxygens (including phenoxy) is 1. The number of hydrogen-bond acceptors (Lipinski definition) is 1. The zero-order valence-electron chi connectivity index (χ0n) is 6.85. The van der Waals surface area contributed by atoms with E-state index in [0.717, 1.165) is 6.42 Å². The summed E-state index contributed by atoms with van der Waals surface area (Å²) < 4.78 is 5.61. The fourth-order valence-electron chi connectivity index (χ4n) is 0.931. The van der Waals surface area contributed by atoms with Gasteiger partial charge < -0.3 is 4.74 Å². The summed E-state index contributed by atoms with van der Waals surface area (Å²) in [4.78, 5) is 0. The molecule has 1 heteroatoms. The van der Waals surface area contributed by atoms with Gasteiger partial charge >= 0.3 is 0 Å². The lowest BCUT2D eigenvalue weighted by Crippen LogP contribution is -2.20. The first-order valence-electron chi connectivity index (χ1n) is 3.67. The van der Waals surface area contributed by atoms with E-state index in [1.807, 2.05) is 0 Å². The third kappa shape index (κ3) is 2.04. The molecule has 0 heterocycles. The molecule has 0 aromatic heterocycles. The second-order valence-electron chi connectivity index (χ2n) is 3.78. The Hall–Kier alpha value is -0.480. The van der Waals surface area contributed by atoms with Crippen molar-refractivity contribution in [2.45, 2.75) is 38.9 Å². The van der Waals surface area contributed by atoms with Gasteiger partial charge in [-0.25, -0.2) is 0 Å². The summed E-state index contributed by atoms with van der Waals surface area (Å²) in [5.74, 6) is 3.07. The molecular weight excluding hydrogens is 124 g/mol. The Morgan fingerprint density at radius 3 is 2.40 bits per heavy atom. The number of hydrogen-bond donors (Lipinski definition) is 0. The first-order chi connectivity index (χ1) is 4.53. The normalized spacial score (nSPS) is 31.4. The Morgan fingerprint density at radius 1 is 1.50 bits per heavy atom. The molecule has 1 saturated carbocycles. The minimum atomic E-state index is -0.0315. The Labute approximate surface area is 62.8 Å². The molecule has 0 saturated heterocycles. The standard InChI is InChI=1S/C9H14O/c1-5-7-6-8(7)10-9(2,3)4/h1,7-8H,6H2,2-4H3/t7-,8-/m0/s1. The predicted molar refractivity (Wildman–Crippen MR) is 41.6 cm³/mol. The van der Waals surface area contributed by atoms with E-state index >= 15 is 0 Å². The molecule has 1 fully saturated rings. The van der Waals surface area contributed by atoms with Gasteiger partial charge in [0.05, 0.1) is 11.7 Å². The van der Waals surface area contributed by atoms with Crippen LogP contribution >= 0.6 is 0 Å². The van der Waals surface area contributed by atoms with Gasteiger partial charge in [0.15, 0.2) is 0 Å². The SMILES string of the molecule is C#C[C@H]1C[C@@H]1OC(C)(C)C. The van der Waals surface area contributed by atoms with Gasteiger partial charge in [0.25, 0.3) is 0 Å². The summed E-state index contributed by atoms with van der Waals surface area (Å²) >= 11 is 0. The molecule has 0 bridgehead atoms. The molecule has 2 atom stereocenters. The highest BCUT2D eigenvalue weighted by atomic mass is 16.5. The van der Waals surface area contributed by atoms with Crippen LogP contribution in [0.4, 0.5) is 0 Å². The maximum absolute atomic E-state index is 5.61. The van der Waals surface area contributed by atoms with Crippen LogP contribution in [0.2, 0.25) is 0 Å². The maximum atomic E-state index is 5.61. The van der Waals surface area contributed by atoms with E-state index < -0.39 is 0 Å². The molecule has 0 amide bonds. The van der Waals surface area contributed by atoms with Gasteiger partial charge in [0, 0.05) is 5.92 Å². The molecule has 1 rings (SSSR count). The summed E-state index contributed by atoms with van der Waals surface area (Å²) in [5.41, 5.74) is -0.0315. The smallest absolute Gasteiger partial charge is 0.0733 e. The highest BCUT2D eigenvalue weighted by Crippen LogP contribution is 2.35. The lowest BCUT2D eigenvalue weighted by molar-refractivity contribution is -0.0187. The van der Waals surface area contributed by atoms with Gasteiger partial charge in [0.2, 0.25) is 0 Å². The van der Waals surface area contributed by atoms with E-state index in [9.17, 15) is 0 Å². The van der Waals surface area contributed by atoms with Gasteiger partial charge in [-0.05, 0) is 27.2 Å². The number of terminal acetylenes is 1. The summed E-state index contributed by atoms with van der Waals surface area (Å²) in [6.07, 6.45) is 6.60. The Kier molecular flexibility index (Phi) is 1.74. The first-order valence-corrected chi connectivity index (χ1v) is 3.67. The Bertz CT molecular complexity index is 159. The van der Waals surface area contributed by atoms with E-state index in [-0.39, 0.29) is 5.60 Å². The average molecular weight is 138 g/mol. The zero-order valence-corrected chi connectivity index (χ0v) is 6.85. The molecule has 0 aromatic rings. The van der Waals surface area contributed by atoms with Crippen LogP contribution in [0.15, 0.2) is 0 Å². The molecule has 56 valence electrons. The van der Waals surface area contributed by atoms with Crippen molar-refractivity contribution >= 4 is 0 Å². The summed E-state index contributed by atoms with van der Waals surface area (Å²) in [5, 5.41) is 0. The molecule has 1 nitrogen and oxygen atoms in total. The van der Waals surface area contributed by atoms with Gasteiger partial charge in [-0.1, -0.05) is 0 Å². The van der Waals surface area contributed by atoms with E-state index in [4.69, 9.17) is 11.2 Å². The van der Waals surface area contributed by atoms with Crippen molar-refractivity contribution < 1.29 is 4.74 Å². The maximum Gasteiger partial charge on any atom is 0.0733 e. The van der Waals surface area contributed by atoms with Crippen molar-refractivity contribution in [1.29, 1.82) is 0 Å². The average Bonchev–Trinajstić information content (AvgIpc) is 2.42.